The van der Waals surface area contributed by atoms with E-state index in [4.69, 9.17) is 4.98 Å². The van der Waals surface area contributed by atoms with E-state index in [1.165, 1.54) is 54.2 Å². The molecular weight excluding hydrogens is 458 g/mol. The second kappa shape index (κ2) is 8.26. The van der Waals surface area contributed by atoms with Gasteiger partial charge in [0.05, 0.1) is 11.2 Å². The van der Waals surface area contributed by atoms with Crippen molar-refractivity contribution in [3.63, 3.8) is 0 Å². The summed E-state index contributed by atoms with van der Waals surface area (Å²) in [7, 11) is 0. The fourth-order valence-corrected chi connectivity index (χ4v) is 5.92. The van der Waals surface area contributed by atoms with Gasteiger partial charge in [0, 0.05) is 10.9 Å². The molecule has 0 fully saturated rings. The van der Waals surface area contributed by atoms with Crippen LogP contribution in [0.25, 0.3) is 76.4 Å². The predicted molar refractivity (Wildman–Crippen MR) is 163 cm³/mol. The van der Waals surface area contributed by atoms with Crippen LogP contribution in [-0.4, -0.2) is 4.98 Å². The minimum absolute atomic E-state index is 0.992. The standard InChI is InChI=1S/C37H23N/c1-2-9-26-23-37-29(21-24(26)8-1)17-19-36(38-37)28-11-7-10-25(20-28)27-16-18-34-32-14-4-3-12-30(32)31-13-5-6-15-33(31)35(34)22-27/h1-23H. The first-order chi connectivity index (χ1) is 18.8. The summed E-state index contributed by atoms with van der Waals surface area (Å²) in [5.41, 5.74) is 5.55. The molecule has 0 N–H and O–H groups in total. The normalized spacial score (nSPS) is 11.7. The average Bonchev–Trinajstić information content (AvgIpc) is 2.99. The maximum atomic E-state index is 5.06. The monoisotopic (exact) mass is 481 g/mol. The number of hydrogen-bond donors (Lipinski definition) is 0. The lowest BCUT2D eigenvalue weighted by Gasteiger charge is -2.12. The van der Waals surface area contributed by atoms with E-state index in [-0.39, 0.29) is 0 Å². The molecule has 8 aromatic rings. The van der Waals surface area contributed by atoms with Crippen molar-refractivity contribution >= 4 is 54.0 Å². The third kappa shape index (κ3) is 3.29. The molecule has 8 rings (SSSR count). The van der Waals surface area contributed by atoms with Crippen LogP contribution in [0.15, 0.2) is 140 Å². The Kier molecular flexibility index (Phi) is 4.59. The third-order valence-electron chi connectivity index (χ3n) is 7.79. The van der Waals surface area contributed by atoms with Crippen LogP contribution in [0.4, 0.5) is 0 Å². The molecule has 0 aliphatic rings. The number of hydrogen-bond acceptors (Lipinski definition) is 1. The first-order valence-corrected chi connectivity index (χ1v) is 13.1. The Hall–Kier alpha value is -5.01. The number of aromatic nitrogens is 1. The van der Waals surface area contributed by atoms with Crippen LogP contribution in [0.5, 0.6) is 0 Å². The van der Waals surface area contributed by atoms with E-state index < -0.39 is 0 Å². The molecule has 0 unspecified atom stereocenters. The Balaban J connectivity index is 1.28. The Labute approximate surface area is 220 Å². The van der Waals surface area contributed by atoms with Gasteiger partial charge in [0.1, 0.15) is 0 Å². The molecule has 7 aromatic carbocycles. The van der Waals surface area contributed by atoms with Crippen molar-refractivity contribution in [2.24, 2.45) is 0 Å². The zero-order valence-corrected chi connectivity index (χ0v) is 20.7. The lowest BCUT2D eigenvalue weighted by atomic mass is 9.91. The van der Waals surface area contributed by atoms with Crippen LogP contribution in [0, 0.1) is 0 Å². The number of benzene rings is 7. The van der Waals surface area contributed by atoms with Gasteiger partial charge in [0.15, 0.2) is 0 Å². The quantitative estimate of drug-likeness (QED) is 0.177. The highest BCUT2D eigenvalue weighted by molar-refractivity contribution is 6.25. The largest absolute Gasteiger partial charge is 0.248 e. The van der Waals surface area contributed by atoms with Crippen LogP contribution < -0.4 is 0 Å². The van der Waals surface area contributed by atoms with Gasteiger partial charge in [-0.15, -0.1) is 0 Å². The highest BCUT2D eigenvalue weighted by Gasteiger charge is 2.10. The molecule has 1 heterocycles. The summed E-state index contributed by atoms with van der Waals surface area (Å²) in [5, 5.41) is 11.4. The molecule has 0 amide bonds. The number of nitrogens with zero attached hydrogens (tertiary/aromatic N) is 1. The van der Waals surface area contributed by atoms with Gasteiger partial charge in [-0.2, -0.15) is 0 Å². The first-order valence-electron chi connectivity index (χ1n) is 13.1. The molecule has 176 valence electrons. The van der Waals surface area contributed by atoms with Crippen LogP contribution in [0.1, 0.15) is 0 Å². The highest BCUT2D eigenvalue weighted by Crippen LogP contribution is 2.37. The minimum atomic E-state index is 0.992. The molecule has 0 saturated heterocycles. The molecule has 0 aliphatic carbocycles. The van der Waals surface area contributed by atoms with Gasteiger partial charge in [-0.25, -0.2) is 4.98 Å². The van der Waals surface area contributed by atoms with Crippen LogP contribution >= 0.6 is 0 Å². The maximum absolute atomic E-state index is 5.06. The molecule has 38 heavy (non-hydrogen) atoms. The van der Waals surface area contributed by atoms with E-state index in [1.807, 2.05) is 0 Å². The van der Waals surface area contributed by atoms with Crippen molar-refractivity contribution in [2.45, 2.75) is 0 Å². The van der Waals surface area contributed by atoms with E-state index in [9.17, 15) is 0 Å². The molecular formula is C37H23N. The molecule has 0 aliphatic heterocycles. The number of rotatable bonds is 2. The minimum Gasteiger partial charge on any atom is -0.248 e. The summed E-state index contributed by atoms with van der Waals surface area (Å²) in [6.07, 6.45) is 0. The summed E-state index contributed by atoms with van der Waals surface area (Å²) in [5.74, 6) is 0. The summed E-state index contributed by atoms with van der Waals surface area (Å²) >= 11 is 0. The fraction of sp³-hybridized carbons (Fsp3) is 0. The first kappa shape index (κ1) is 21.1. The predicted octanol–water partition coefficient (Wildman–Crippen LogP) is 10.2. The molecule has 0 spiro atoms. The van der Waals surface area contributed by atoms with Crippen LogP contribution in [-0.2, 0) is 0 Å². The number of fused-ring (bicyclic) bond motifs is 8. The van der Waals surface area contributed by atoms with Gasteiger partial charge in [0.25, 0.3) is 0 Å². The Morgan fingerprint density at radius 1 is 0.316 bits per heavy atom. The van der Waals surface area contributed by atoms with Gasteiger partial charge < -0.3 is 0 Å². The molecule has 1 nitrogen and oxygen atoms in total. The summed E-state index contributed by atoms with van der Waals surface area (Å²) in [6.45, 7) is 0. The molecule has 0 saturated carbocycles. The molecule has 1 aromatic heterocycles. The van der Waals surface area contributed by atoms with Gasteiger partial charge in [-0.3, -0.25) is 0 Å². The van der Waals surface area contributed by atoms with Crippen molar-refractivity contribution in [1.29, 1.82) is 0 Å². The van der Waals surface area contributed by atoms with Crippen molar-refractivity contribution in [2.75, 3.05) is 0 Å². The fourth-order valence-electron chi connectivity index (χ4n) is 5.92. The van der Waals surface area contributed by atoms with Gasteiger partial charge in [-0.1, -0.05) is 109 Å². The van der Waals surface area contributed by atoms with Gasteiger partial charge in [0.2, 0.25) is 0 Å². The summed E-state index contributed by atoms with van der Waals surface area (Å²) < 4.78 is 0. The average molecular weight is 482 g/mol. The Bertz CT molecular complexity index is 2150. The summed E-state index contributed by atoms with van der Waals surface area (Å²) in [4.78, 5) is 5.06. The topological polar surface area (TPSA) is 12.9 Å². The van der Waals surface area contributed by atoms with E-state index in [1.54, 1.807) is 0 Å². The van der Waals surface area contributed by atoms with Crippen molar-refractivity contribution in [3.05, 3.63) is 140 Å². The Morgan fingerprint density at radius 2 is 0.895 bits per heavy atom. The number of pyridine rings is 1. The van der Waals surface area contributed by atoms with E-state index in [2.05, 4.69) is 140 Å². The van der Waals surface area contributed by atoms with E-state index >= 15 is 0 Å². The second-order valence-corrected chi connectivity index (χ2v) is 10.0. The molecule has 0 bridgehead atoms. The second-order valence-electron chi connectivity index (χ2n) is 10.0. The summed E-state index contributed by atoms with van der Waals surface area (Å²) in [6, 6.07) is 50.3. The van der Waals surface area contributed by atoms with Crippen molar-refractivity contribution < 1.29 is 0 Å². The van der Waals surface area contributed by atoms with Crippen molar-refractivity contribution in [1.82, 2.24) is 4.98 Å². The van der Waals surface area contributed by atoms with E-state index in [0.717, 1.165) is 22.2 Å². The molecule has 0 radical (unpaired) electrons. The SMILES string of the molecule is c1cc(-c2ccc3c4ccccc4c4ccccc4c3c2)cc(-c2ccc3cc4ccccc4cc3n2)c1. The van der Waals surface area contributed by atoms with Gasteiger partial charge in [-0.05, 0) is 84.5 Å². The van der Waals surface area contributed by atoms with Crippen molar-refractivity contribution in [3.8, 4) is 22.4 Å². The molecule has 0 atom stereocenters. The van der Waals surface area contributed by atoms with Crippen LogP contribution in [0.3, 0.4) is 0 Å². The lowest BCUT2D eigenvalue weighted by molar-refractivity contribution is 1.40. The zero-order chi connectivity index (χ0) is 25.1. The lowest BCUT2D eigenvalue weighted by Crippen LogP contribution is -1.88. The third-order valence-corrected chi connectivity index (χ3v) is 7.79. The van der Waals surface area contributed by atoms with E-state index in [0.29, 0.717) is 0 Å². The maximum Gasteiger partial charge on any atom is 0.0715 e. The van der Waals surface area contributed by atoms with Gasteiger partial charge >= 0.3 is 0 Å². The Morgan fingerprint density at radius 3 is 1.63 bits per heavy atom. The highest BCUT2D eigenvalue weighted by atomic mass is 14.7. The van der Waals surface area contributed by atoms with Crippen LogP contribution in [0.2, 0.25) is 0 Å². The zero-order valence-electron chi connectivity index (χ0n) is 20.7. The smallest absolute Gasteiger partial charge is 0.0715 e. The molecule has 1 heteroatoms.